The molecule has 14 heavy (non-hydrogen) atoms. The highest BCUT2D eigenvalue weighted by Crippen LogP contribution is 2.32. The Morgan fingerprint density at radius 1 is 1.36 bits per heavy atom. The van der Waals surface area contributed by atoms with Crippen molar-refractivity contribution in [2.45, 2.75) is 52.4 Å². The van der Waals surface area contributed by atoms with Crippen LogP contribution < -0.4 is 0 Å². The minimum absolute atomic E-state index is 0.0229. The van der Waals surface area contributed by atoms with E-state index in [1.54, 1.807) is 0 Å². The van der Waals surface area contributed by atoms with Gasteiger partial charge in [0.05, 0.1) is 6.61 Å². The smallest absolute Gasteiger partial charge is 0.305 e. The van der Waals surface area contributed by atoms with Crippen LogP contribution in [0.15, 0.2) is 0 Å². The van der Waals surface area contributed by atoms with Crippen LogP contribution in [0, 0.1) is 11.8 Å². The lowest BCUT2D eigenvalue weighted by Gasteiger charge is -2.28. The first-order valence-electron chi connectivity index (χ1n) is 5.89. The minimum atomic E-state index is -0.0229. The lowest BCUT2D eigenvalue weighted by Crippen LogP contribution is -2.18. The molecule has 1 fully saturated rings. The van der Waals surface area contributed by atoms with Gasteiger partial charge < -0.3 is 4.74 Å². The fraction of sp³-hybridized carbons (Fsp3) is 0.917. The molecule has 0 aromatic rings. The Labute approximate surface area is 87.0 Å². The summed E-state index contributed by atoms with van der Waals surface area (Å²) in [7, 11) is 0. The summed E-state index contributed by atoms with van der Waals surface area (Å²) in [5, 5.41) is 0. The van der Waals surface area contributed by atoms with Gasteiger partial charge in [0.25, 0.3) is 0 Å². The van der Waals surface area contributed by atoms with Gasteiger partial charge in [-0.2, -0.15) is 0 Å². The first-order valence-corrected chi connectivity index (χ1v) is 5.89. The van der Waals surface area contributed by atoms with E-state index < -0.39 is 0 Å². The van der Waals surface area contributed by atoms with Crippen molar-refractivity contribution in [3.63, 3.8) is 0 Å². The van der Waals surface area contributed by atoms with Crippen molar-refractivity contribution in [2.24, 2.45) is 11.8 Å². The Balaban J connectivity index is 2.19. The van der Waals surface area contributed by atoms with Crippen LogP contribution in [0.25, 0.3) is 0 Å². The lowest BCUT2D eigenvalue weighted by molar-refractivity contribution is -0.143. The number of carbonyl (C=O) groups excluding carboxylic acids is 1. The van der Waals surface area contributed by atoms with Gasteiger partial charge >= 0.3 is 5.97 Å². The van der Waals surface area contributed by atoms with E-state index in [9.17, 15) is 4.79 Å². The van der Waals surface area contributed by atoms with Gasteiger partial charge in [-0.1, -0.05) is 32.6 Å². The van der Waals surface area contributed by atoms with E-state index in [1.165, 1.54) is 25.7 Å². The molecule has 1 aliphatic rings. The van der Waals surface area contributed by atoms with Crippen molar-refractivity contribution in [2.75, 3.05) is 6.61 Å². The van der Waals surface area contributed by atoms with E-state index in [2.05, 4.69) is 6.92 Å². The lowest BCUT2D eigenvalue weighted by atomic mass is 9.78. The molecule has 1 rings (SSSR count). The van der Waals surface area contributed by atoms with Crippen LogP contribution in [-0.2, 0) is 9.53 Å². The zero-order valence-corrected chi connectivity index (χ0v) is 9.42. The Hall–Kier alpha value is -0.530. The van der Waals surface area contributed by atoms with E-state index in [0.717, 1.165) is 18.3 Å². The van der Waals surface area contributed by atoms with Crippen molar-refractivity contribution >= 4 is 5.97 Å². The maximum atomic E-state index is 11.2. The first kappa shape index (κ1) is 11.5. The predicted octanol–water partition coefficient (Wildman–Crippen LogP) is 3.16. The summed E-state index contributed by atoms with van der Waals surface area (Å²) in [6.07, 6.45) is 7.01. The second kappa shape index (κ2) is 6.05. The third-order valence-corrected chi connectivity index (χ3v) is 3.31. The zero-order chi connectivity index (χ0) is 10.4. The fourth-order valence-electron chi connectivity index (χ4n) is 2.36. The Kier molecular flexibility index (Phi) is 4.99. The molecule has 82 valence electrons. The average Bonchev–Trinajstić information content (AvgIpc) is 2.17. The topological polar surface area (TPSA) is 26.3 Å². The second-order valence-electron chi connectivity index (χ2n) is 4.37. The van der Waals surface area contributed by atoms with Crippen molar-refractivity contribution < 1.29 is 9.53 Å². The molecule has 0 aliphatic heterocycles. The summed E-state index contributed by atoms with van der Waals surface area (Å²) in [5.74, 6) is 1.54. The van der Waals surface area contributed by atoms with Gasteiger partial charge in [0.1, 0.15) is 0 Å². The molecule has 0 radical (unpaired) electrons. The third-order valence-electron chi connectivity index (χ3n) is 3.31. The number of esters is 1. The largest absolute Gasteiger partial charge is 0.466 e. The number of hydrogen-bond donors (Lipinski definition) is 0. The summed E-state index contributed by atoms with van der Waals surface area (Å²) < 4.78 is 4.93. The Morgan fingerprint density at radius 3 is 2.71 bits per heavy atom. The maximum absolute atomic E-state index is 11.2. The van der Waals surface area contributed by atoms with Crippen molar-refractivity contribution in [1.29, 1.82) is 0 Å². The third kappa shape index (κ3) is 3.69. The molecule has 0 saturated heterocycles. The standard InChI is InChI=1S/C12H22O2/c1-3-14-12(13)9-8-11-7-5-4-6-10(11)2/h10-11H,3-9H2,1-2H3. The van der Waals surface area contributed by atoms with Crippen molar-refractivity contribution in [3.05, 3.63) is 0 Å². The molecule has 1 saturated carbocycles. The van der Waals surface area contributed by atoms with Gasteiger partial charge in [-0.15, -0.1) is 0 Å². The van der Waals surface area contributed by atoms with Crippen LogP contribution in [0.5, 0.6) is 0 Å². The van der Waals surface area contributed by atoms with E-state index in [1.807, 2.05) is 6.92 Å². The minimum Gasteiger partial charge on any atom is -0.466 e. The van der Waals surface area contributed by atoms with Gasteiger partial charge in [0.15, 0.2) is 0 Å². The van der Waals surface area contributed by atoms with Crippen LogP contribution in [0.2, 0.25) is 0 Å². The quantitative estimate of drug-likeness (QED) is 0.649. The molecule has 0 heterocycles. The van der Waals surface area contributed by atoms with Crippen LogP contribution in [0.3, 0.4) is 0 Å². The van der Waals surface area contributed by atoms with Gasteiger partial charge in [0, 0.05) is 6.42 Å². The molecule has 1 aliphatic carbocycles. The molecule has 0 amide bonds. The van der Waals surface area contributed by atoms with Gasteiger partial charge in [-0.3, -0.25) is 4.79 Å². The fourth-order valence-corrected chi connectivity index (χ4v) is 2.36. The molecular weight excluding hydrogens is 176 g/mol. The van der Waals surface area contributed by atoms with Crippen LogP contribution >= 0.6 is 0 Å². The summed E-state index contributed by atoms with van der Waals surface area (Å²) >= 11 is 0. The first-order chi connectivity index (χ1) is 6.74. The molecular formula is C12H22O2. The van der Waals surface area contributed by atoms with Crippen LogP contribution in [0.4, 0.5) is 0 Å². The van der Waals surface area contributed by atoms with E-state index in [-0.39, 0.29) is 5.97 Å². The van der Waals surface area contributed by atoms with E-state index in [0.29, 0.717) is 13.0 Å². The monoisotopic (exact) mass is 198 g/mol. The summed E-state index contributed by atoms with van der Waals surface area (Å²) in [4.78, 5) is 11.2. The highest BCUT2D eigenvalue weighted by Gasteiger charge is 2.21. The molecule has 2 heteroatoms. The summed E-state index contributed by atoms with van der Waals surface area (Å²) in [6, 6.07) is 0. The molecule has 2 nitrogen and oxygen atoms in total. The van der Waals surface area contributed by atoms with Crippen LogP contribution in [0.1, 0.15) is 52.4 Å². The number of hydrogen-bond acceptors (Lipinski definition) is 2. The maximum Gasteiger partial charge on any atom is 0.305 e. The molecule has 0 bridgehead atoms. The molecule has 0 N–H and O–H groups in total. The highest BCUT2D eigenvalue weighted by atomic mass is 16.5. The number of carbonyl (C=O) groups is 1. The predicted molar refractivity (Wildman–Crippen MR) is 57.0 cm³/mol. The Bertz CT molecular complexity index is 177. The molecule has 0 aromatic carbocycles. The zero-order valence-electron chi connectivity index (χ0n) is 9.42. The van der Waals surface area contributed by atoms with Gasteiger partial charge in [0.2, 0.25) is 0 Å². The van der Waals surface area contributed by atoms with Crippen LogP contribution in [-0.4, -0.2) is 12.6 Å². The van der Waals surface area contributed by atoms with Crippen molar-refractivity contribution in [3.8, 4) is 0 Å². The number of rotatable bonds is 4. The van der Waals surface area contributed by atoms with Gasteiger partial charge in [-0.25, -0.2) is 0 Å². The molecule has 2 unspecified atom stereocenters. The average molecular weight is 198 g/mol. The normalized spacial score (nSPS) is 27.3. The SMILES string of the molecule is CCOC(=O)CCC1CCCCC1C. The number of ether oxygens (including phenoxy) is 1. The van der Waals surface area contributed by atoms with E-state index in [4.69, 9.17) is 4.74 Å². The molecule has 2 atom stereocenters. The summed E-state index contributed by atoms with van der Waals surface area (Å²) in [6.45, 7) is 4.69. The second-order valence-corrected chi connectivity index (χ2v) is 4.37. The summed E-state index contributed by atoms with van der Waals surface area (Å²) in [5.41, 5.74) is 0. The highest BCUT2D eigenvalue weighted by molar-refractivity contribution is 5.69. The van der Waals surface area contributed by atoms with E-state index >= 15 is 0 Å². The molecule has 0 aromatic heterocycles. The Morgan fingerprint density at radius 2 is 2.07 bits per heavy atom. The molecule has 0 spiro atoms. The van der Waals surface area contributed by atoms with Crippen molar-refractivity contribution in [1.82, 2.24) is 0 Å². The van der Waals surface area contributed by atoms with Gasteiger partial charge in [-0.05, 0) is 25.2 Å².